The Kier molecular flexibility index (Phi) is 6.77. The Hall–Kier alpha value is -3.71. The van der Waals surface area contributed by atoms with Crippen LogP contribution in [-0.4, -0.2) is 37.6 Å². The van der Waals surface area contributed by atoms with E-state index in [0.717, 1.165) is 41.7 Å². The molecule has 0 amide bonds. The van der Waals surface area contributed by atoms with Gasteiger partial charge >= 0.3 is 0 Å². The molecule has 0 bridgehead atoms. The van der Waals surface area contributed by atoms with Crippen molar-refractivity contribution >= 4 is 23.0 Å². The van der Waals surface area contributed by atoms with Crippen LogP contribution < -0.4 is 10.6 Å². The fourth-order valence-electron chi connectivity index (χ4n) is 4.99. The maximum Gasteiger partial charge on any atom is 0.170 e. The zero-order valence-electron chi connectivity index (χ0n) is 20.1. The van der Waals surface area contributed by atoms with Crippen molar-refractivity contribution in [2.45, 2.75) is 32.4 Å². The van der Waals surface area contributed by atoms with Crippen LogP contribution in [0.5, 0.6) is 0 Å². The summed E-state index contributed by atoms with van der Waals surface area (Å²) in [5, 5.41) is 7.86. The van der Waals surface area contributed by atoms with Crippen molar-refractivity contribution in [3.8, 4) is 5.69 Å². The van der Waals surface area contributed by atoms with E-state index >= 15 is 0 Å². The van der Waals surface area contributed by atoms with Crippen molar-refractivity contribution in [3.05, 3.63) is 108 Å². The molecule has 6 nitrogen and oxygen atoms in total. The summed E-state index contributed by atoms with van der Waals surface area (Å²) in [5.74, 6) is 0. The number of pyridine rings is 2. The fraction of sp³-hybridized carbons (Fsp3) is 0.250. The second-order valence-electron chi connectivity index (χ2n) is 8.84. The lowest BCUT2D eigenvalue weighted by molar-refractivity contribution is 0.315. The molecule has 2 atom stereocenters. The maximum atomic E-state index is 5.86. The highest BCUT2D eigenvalue weighted by Gasteiger charge is 2.41. The number of benzene rings is 1. The van der Waals surface area contributed by atoms with Gasteiger partial charge < -0.3 is 20.1 Å². The maximum absolute atomic E-state index is 5.86. The van der Waals surface area contributed by atoms with Gasteiger partial charge in [0.15, 0.2) is 5.11 Å². The van der Waals surface area contributed by atoms with Crippen LogP contribution in [0.25, 0.3) is 5.69 Å². The van der Waals surface area contributed by atoms with Gasteiger partial charge in [-0.3, -0.25) is 9.97 Å². The Morgan fingerprint density at radius 3 is 2.57 bits per heavy atom. The molecule has 0 saturated carbocycles. The van der Waals surface area contributed by atoms with Crippen molar-refractivity contribution < 1.29 is 0 Å². The lowest BCUT2D eigenvalue weighted by Gasteiger charge is -2.28. The number of aryl methyl sites for hydroxylation is 1. The van der Waals surface area contributed by atoms with E-state index in [1.54, 1.807) is 6.20 Å². The second-order valence-corrected chi connectivity index (χ2v) is 9.23. The zero-order valence-corrected chi connectivity index (χ0v) is 20.9. The SMILES string of the molecule is Cc1cc([C@@H]2[C@@H](c3ccccn3)NC(=S)N2CCCNc2ccccc2)c(C)n1-c1cccnc1. The van der Waals surface area contributed by atoms with Crippen LogP contribution in [0, 0.1) is 13.8 Å². The zero-order chi connectivity index (χ0) is 24.2. The summed E-state index contributed by atoms with van der Waals surface area (Å²) < 4.78 is 2.27. The van der Waals surface area contributed by atoms with Crippen LogP contribution in [0.1, 0.15) is 41.1 Å². The first kappa shape index (κ1) is 23.1. The highest BCUT2D eigenvalue weighted by Crippen LogP contribution is 2.41. The Balaban J connectivity index is 1.45. The minimum atomic E-state index is -0.0198. The van der Waals surface area contributed by atoms with Crippen LogP contribution in [-0.2, 0) is 0 Å². The average Bonchev–Trinajstić information content (AvgIpc) is 3.38. The molecule has 1 saturated heterocycles. The third kappa shape index (κ3) is 4.77. The lowest BCUT2D eigenvalue weighted by Crippen LogP contribution is -2.31. The summed E-state index contributed by atoms with van der Waals surface area (Å²) >= 11 is 5.86. The monoisotopic (exact) mass is 482 g/mol. The van der Waals surface area contributed by atoms with Crippen LogP contribution in [0.2, 0.25) is 0 Å². The van der Waals surface area contributed by atoms with Crippen molar-refractivity contribution in [1.29, 1.82) is 0 Å². The number of thiocarbonyl (C=S) groups is 1. The Morgan fingerprint density at radius 2 is 1.83 bits per heavy atom. The number of rotatable bonds is 8. The van der Waals surface area contributed by atoms with Gasteiger partial charge in [-0.05, 0) is 80.5 Å². The summed E-state index contributed by atoms with van der Waals surface area (Å²) in [7, 11) is 0. The molecule has 1 aliphatic heterocycles. The van der Waals surface area contributed by atoms with Crippen LogP contribution in [0.3, 0.4) is 0 Å². The normalized spacial score (nSPS) is 17.4. The second kappa shape index (κ2) is 10.3. The first-order chi connectivity index (χ1) is 17.1. The summed E-state index contributed by atoms with van der Waals surface area (Å²) in [5.41, 5.74) is 6.82. The van der Waals surface area contributed by atoms with Gasteiger partial charge in [-0.1, -0.05) is 24.3 Å². The Labute approximate surface area is 212 Å². The number of nitrogens with zero attached hydrogens (tertiary/aromatic N) is 4. The molecule has 0 radical (unpaired) electrons. The summed E-state index contributed by atoms with van der Waals surface area (Å²) in [4.78, 5) is 11.3. The molecule has 1 fully saturated rings. The lowest BCUT2D eigenvalue weighted by atomic mass is 9.96. The van der Waals surface area contributed by atoms with E-state index in [1.807, 2.05) is 48.8 Å². The average molecular weight is 483 g/mol. The first-order valence-electron chi connectivity index (χ1n) is 12.0. The van der Waals surface area contributed by atoms with E-state index in [-0.39, 0.29) is 12.1 Å². The number of aromatic nitrogens is 3. The minimum absolute atomic E-state index is 0.0198. The largest absolute Gasteiger partial charge is 0.385 e. The smallest absolute Gasteiger partial charge is 0.170 e. The molecule has 178 valence electrons. The fourth-order valence-corrected chi connectivity index (χ4v) is 5.33. The third-order valence-corrected chi connectivity index (χ3v) is 6.92. The molecule has 0 unspecified atom stereocenters. The number of anilines is 1. The predicted molar refractivity (Wildman–Crippen MR) is 145 cm³/mol. The molecule has 4 heterocycles. The molecule has 0 aliphatic carbocycles. The highest BCUT2D eigenvalue weighted by molar-refractivity contribution is 7.80. The van der Waals surface area contributed by atoms with Gasteiger partial charge in [-0.2, -0.15) is 0 Å². The molecular weight excluding hydrogens is 452 g/mol. The topological polar surface area (TPSA) is 58.0 Å². The van der Waals surface area contributed by atoms with E-state index in [0.29, 0.717) is 0 Å². The molecule has 7 heteroatoms. The predicted octanol–water partition coefficient (Wildman–Crippen LogP) is 5.36. The van der Waals surface area contributed by atoms with Gasteiger partial charge in [0.25, 0.3) is 0 Å². The number of hydrogen-bond acceptors (Lipinski definition) is 4. The van der Waals surface area contributed by atoms with Gasteiger partial charge in [0.05, 0.1) is 29.7 Å². The van der Waals surface area contributed by atoms with Gasteiger partial charge in [0.2, 0.25) is 0 Å². The van der Waals surface area contributed by atoms with E-state index in [9.17, 15) is 0 Å². The summed E-state index contributed by atoms with van der Waals surface area (Å²) in [6, 6.07) is 22.8. The Bertz CT molecular complexity index is 1270. The molecule has 35 heavy (non-hydrogen) atoms. The first-order valence-corrected chi connectivity index (χ1v) is 12.4. The van der Waals surface area contributed by atoms with E-state index in [4.69, 9.17) is 12.2 Å². The number of nitrogens with one attached hydrogen (secondary N) is 2. The molecule has 1 aromatic carbocycles. The molecular formula is C28H30N6S. The van der Waals surface area contributed by atoms with Crippen molar-refractivity contribution in [3.63, 3.8) is 0 Å². The van der Waals surface area contributed by atoms with Crippen LogP contribution in [0.15, 0.2) is 85.3 Å². The standard InChI is InChI=1S/C28H30N6S/c1-20-18-24(21(2)34(20)23-12-8-14-29-19-23)27-26(25-13-6-7-15-31-25)32-28(35)33(27)17-9-16-30-22-10-4-3-5-11-22/h3-8,10-15,18-19,26-27,30H,9,16-17H2,1-2H3,(H,32,35)/t26-,27-/m1/s1. The van der Waals surface area contributed by atoms with Gasteiger partial charge in [0.1, 0.15) is 0 Å². The third-order valence-electron chi connectivity index (χ3n) is 6.57. The Morgan fingerprint density at radius 1 is 1.00 bits per heavy atom. The minimum Gasteiger partial charge on any atom is -0.385 e. The quantitative estimate of drug-likeness (QED) is 0.261. The van der Waals surface area contributed by atoms with E-state index in [1.165, 1.54) is 17.0 Å². The molecule has 1 aliphatic rings. The van der Waals surface area contributed by atoms with E-state index < -0.39 is 0 Å². The van der Waals surface area contributed by atoms with Crippen molar-refractivity contribution in [2.75, 3.05) is 18.4 Å². The van der Waals surface area contributed by atoms with Crippen LogP contribution in [0.4, 0.5) is 5.69 Å². The summed E-state index contributed by atoms with van der Waals surface area (Å²) in [6.07, 6.45) is 6.52. The number of hydrogen-bond donors (Lipinski definition) is 2. The molecule has 5 rings (SSSR count). The molecule has 3 aromatic heterocycles. The highest BCUT2D eigenvalue weighted by atomic mass is 32.1. The molecule has 0 spiro atoms. The van der Waals surface area contributed by atoms with Crippen molar-refractivity contribution in [2.24, 2.45) is 0 Å². The van der Waals surface area contributed by atoms with E-state index in [2.05, 4.69) is 74.2 Å². The number of para-hydroxylation sites is 1. The van der Waals surface area contributed by atoms with Gasteiger partial charge in [-0.15, -0.1) is 0 Å². The molecule has 4 aromatic rings. The van der Waals surface area contributed by atoms with Gasteiger partial charge in [-0.25, -0.2) is 0 Å². The van der Waals surface area contributed by atoms with Crippen LogP contribution >= 0.6 is 12.2 Å². The molecule has 2 N–H and O–H groups in total. The van der Waals surface area contributed by atoms with Crippen molar-refractivity contribution in [1.82, 2.24) is 24.8 Å². The summed E-state index contributed by atoms with van der Waals surface area (Å²) in [6.45, 7) is 6.05. The van der Waals surface area contributed by atoms with Gasteiger partial charge in [0, 0.05) is 42.6 Å².